The van der Waals surface area contributed by atoms with Crippen LogP contribution in [0.25, 0.3) is 0 Å². The van der Waals surface area contributed by atoms with Gasteiger partial charge in [-0.1, -0.05) is 11.6 Å². The van der Waals surface area contributed by atoms with Gasteiger partial charge in [0.2, 0.25) is 0 Å². The molecule has 1 rings (SSSR count). The van der Waals surface area contributed by atoms with E-state index in [0.717, 1.165) is 0 Å². The van der Waals surface area contributed by atoms with Crippen LogP contribution >= 0.6 is 11.6 Å². The third-order valence-electron chi connectivity index (χ3n) is 1.79. The van der Waals surface area contributed by atoms with Crippen molar-refractivity contribution in [3.05, 3.63) is 21.8 Å². The molecular weight excluding hydrogens is 188 g/mol. The number of hydrogen-bond donors (Lipinski definition) is 2. The van der Waals surface area contributed by atoms with Crippen molar-refractivity contribution in [1.82, 2.24) is 4.98 Å². The fourth-order valence-electron chi connectivity index (χ4n) is 1.07. The smallest absolute Gasteiger partial charge is 0.158 e. The van der Waals surface area contributed by atoms with Crippen LogP contribution in [0.1, 0.15) is 16.8 Å². The zero-order valence-corrected chi connectivity index (χ0v) is 8.11. The monoisotopic (exact) mass is 196 g/mol. The van der Waals surface area contributed by atoms with Crippen LogP contribution in [-0.2, 0) is 0 Å². The van der Waals surface area contributed by atoms with Gasteiger partial charge in [-0.15, -0.1) is 0 Å². The van der Waals surface area contributed by atoms with E-state index in [-0.39, 0.29) is 0 Å². The summed E-state index contributed by atoms with van der Waals surface area (Å²) >= 11 is 5.91. The molecule has 0 aliphatic carbocycles. The molecule has 1 heterocycles. The second kappa shape index (κ2) is 3.60. The topological polar surface area (TPSA) is 74.7 Å². The summed E-state index contributed by atoms with van der Waals surface area (Å²) in [5.74, 6) is 5.57. The Balaban J connectivity index is 3.50. The van der Waals surface area contributed by atoms with Crippen LogP contribution in [-0.4, -0.2) is 4.98 Å². The molecule has 0 unspecified atom stereocenters. The molecular formula is C8H9ClN4. The minimum atomic E-state index is 0.363. The molecule has 4 nitrogen and oxygen atoms in total. The number of nitrogens with one attached hydrogen (secondary N) is 1. The van der Waals surface area contributed by atoms with Gasteiger partial charge in [0.15, 0.2) is 5.82 Å². The highest BCUT2D eigenvalue weighted by atomic mass is 35.5. The highest BCUT2D eigenvalue weighted by Gasteiger charge is 2.11. The second-order valence-corrected chi connectivity index (χ2v) is 2.99. The molecule has 0 amide bonds. The predicted octanol–water partition coefficient (Wildman–Crippen LogP) is 1.51. The maximum Gasteiger partial charge on any atom is 0.158 e. The molecule has 0 saturated carbocycles. The molecule has 0 aliphatic rings. The number of rotatable bonds is 1. The number of nitrogens with two attached hydrogens (primary N) is 1. The molecule has 0 atom stereocenters. The molecule has 5 heteroatoms. The number of nitrogen functional groups attached to an aromatic ring is 1. The summed E-state index contributed by atoms with van der Waals surface area (Å²) in [7, 11) is 0. The van der Waals surface area contributed by atoms with Crippen LogP contribution in [0.4, 0.5) is 5.82 Å². The van der Waals surface area contributed by atoms with E-state index in [0.29, 0.717) is 27.7 Å². The Morgan fingerprint density at radius 3 is 2.62 bits per heavy atom. The van der Waals surface area contributed by atoms with Crippen LogP contribution in [0, 0.1) is 25.2 Å². The van der Waals surface area contributed by atoms with E-state index in [1.54, 1.807) is 13.8 Å². The van der Waals surface area contributed by atoms with Crippen molar-refractivity contribution in [2.24, 2.45) is 5.84 Å². The molecule has 3 N–H and O–H groups in total. The first-order valence-corrected chi connectivity index (χ1v) is 4.03. The number of pyridine rings is 1. The van der Waals surface area contributed by atoms with Crippen LogP contribution in [0.5, 0.6) is 0 Å². The number of anilines is 1. The van der Waals surface area contributed by atoms with Crippen molar-refractivity contribution in [2.75, 3.05) is 5.43 Å². The summed E-state index contributed by atoms with van der Waals surface area (Å²) in [6.07, 6.45) is 0. The zero-order valence-electron chi connectivity index (χ0n) is 7.35. The Morgan fingerprint density at radius 2 is 2.15 bits per heavy atom. The minimum absolute atomic E-state index is 0.363. The molecule has 68 valence electrons. The molecule has 0 spiro atoms. The lowest BCUT2D eigenvalue weighted by Crippen LogP contribution is -2.12. The molecule has 0 saturated heterocycles. The van der Waals surface area contributed by atoms with E-state index in [1.807, 2.05) is 6.07 Å². The van der Waals surface area contributed by atoms with Crippen molar-refractivity contribution < 1.29 is 0 Å². The minimum Gasteiger partial charge on any atom is -0.307 e. The average molecular weight is 197 g/mol. The first kappa shape index (κ1) is 9.78. The first-order chi connectivity index (χ1) is 6.11. The lowest BCUT2D eigenvalue weighted by molar-refractivity contribution is 1.13. The quantitative estimate of drug-likeness (QED) is 0.528. The molecule has 1 aromatic rings. The van der Waals surface area contributed by atoms with Crippen molar-refractivity contribution in [2.45, 2.75) is 13.8 Å². The van der Waals surface area contributed by atoms with Gasteiger partial charge in [0.1, 0.15) is 11.6 Å². The second-order valence-electron chi connectivity index (χ2n) is 2.62. The summed E-state index contributed by atoms with van der Waals surface area (Å²) in [6.45, 7) is 3.52. The molecule has 0 fully saturated rings. The lowest BCUT2D eigenvalue weighted by Gasteiger charge is -2.08. The third kappa shape index (κ3) is 1.57. The Morgan fingerprint density at radius 1 is 1.54 bits per heavy atom. The number of aromatic nitrogens is 1. The predicted molar refractivity (Wildman–Crippen MR) is 51.2 cm³/mol. The number of hydrazine groups is 1. The van der Waals surface area contributed by atoms with Gasteiger partial charge in [-0.25, -0.2) is 10.8 Å². The van der Waals surface area contributed by atoms with Gasteiger partial charge in [-0.3, -0.25) is 0 Å². The largest absolute Gasteiger partial charge is 0.307 e. The molecule has 1 aromatic heterocycles. The van der Waals surface area contributed by atoms with Gasteiger partial charge in [-0.05, 0) is 19.4 Å². The highest BCUT2D eigenvalue weighted by molar-refractivity contribution is 6.32. The maximum atomic E-state index is 8.80. The van der Waals surface area contributed by atoms with Crippen LogP contribution in [0.3, 0.4) is 0 Å². The van der Waals surface area contributed by atoms with E-state index >= 15 is 0 Å². The summed E-state index contributed by atoms with van der Waals surface area (Å²) in [6, 6.07) is 1.99. The Labute approximate surface area is 81.3 Å². The van der Waals surface area contributed by atoms with E-state index in [4.69, 9.17) is 22.7 Å². The summed E-state index contributed by atoms with van der Waals surface area (Å²) in [5, 5.41) is 9.31. The third-order valence-corrected chi connectivity index (χ3v) is 2.34. The van der Waals surface area contributed by atoms with Gasteiger partial charge in [-0.2, -0.15) is 5.26 Å². The van der Waals surface area contributed by atoms with Crippen molar-refractivity contribution in [3.63, 3.8) is 0 Å². The normalized spacial score (nSPS) is 9.46. The van der Waals surface area contributed by atoms with Gasteiger partial charge < -0.3 is 5.43 Å². The van der Waals surface area contributed by atoms with Crippen LogP contribution in [0.2, 0.25) is 5.02 Å². The van der Waals surface area contributed by atoms with E-state index < -0.39 is 0 Å². The lowest BCUT2D eigenvalue weighted by atomic mass is 10.1. The van der Waals surface area contributed by atoms with Crippen molar-refractivity contribution in [3.8, 4) is 6.07 Å². The number of nitrogens with zero attached hydrogens (tertiary/aromatic N) is 2. The fraction of sp³-hybridized carbons (Fsp3) is 0.250. The molecule has 0 radical (unpaired) electrons. The van der Waals surface area contributed by atoms with Crippen molar-refractivity contribution in [1.29, 1.82) is 5.26 Å². The summed E-state index contributed by atoms with van der Waals surface area (Å²) in [5.41, 5.74) is 4.11. The first-order valence-electron chi connectivity index (χ1n) is 3.65. The molecule has 13 heavy (non-hydrogen) atoms. The Kier molecular flexibility index (Phi) is 2.71. The Bertz CT molecular complexity index is 381. The van der Waals surface area contributed by atoms with E-state index in [9.17, 15) is 0 Å². The molecule has 0 bridgehead atoms. The summed E-state index contributed by atoms with van der Waals surface area (Å²) in [4.78, 5) is 4.03. The van der Waals surface area contributed by atoms with Gasteiger partial charge in [0, 0.05) is 0 Å². The number of aryl methyl sites for hydroxylation is 1. The molecule has 0 aliphatic heterocycles. The van der Waals surface area contributed by atoms with E-state index in [2.05, 4.69) is 10.4 Å². The molecule has 0 aromatic carbocycles. The van der Waals surface area contributed by atoms with Gasteiger partial charge in [0.05, 0.1) is 10.7 Å². The van der Waals surface area contributed by atoms with Crippen LogP contribution in [0.15, 0.2) is 0 Å². The standard InChI is InChI=1S/C8H9ClN4/c1-4-6(3-10)8(13-11)12-5(2)7(4)9/h11H2,1-2H3,(H,12,13). The zero-order chi connectivity index (χ0) is 10.0. The Hall–Kier alpha value is -1.31. The van der Waals surface area contributed by atoms with Crippen LogP contribution < -0.4 is 11.3 Å². The van der Waals surface area contributed by atoms with Gasteiger partial charge in [0.25, 0.3) is 0 Å². The fourth-order valence-corrected chi connectivity index (χ4v) is 1.21. The maximum absolute atomic E-state index is 8.80. The average Bonchev–Trinajstić information content (AvgIpc) is 2.13. The van der Waals surface area contributed by atoms with E-state index in [1.165, 1.54) is 0 Å². The number of halogens is 1. The van der Waals surface area contributed by atoms with Crippen molar-refractivity contribution >= 4 is 17.4 Å². The number of hydrogen-bond acceptors (Lipinski definition) is 4. The number of nitriles is 1. The highest BCUT2D eigenvalue weighted by Crippen LogP contribution is 2.25. The summed E-state index contributed by atoms with van der Waals surface area (Å²) < 4.78 is 0. The van der Waals surface area contributed by atoms with Gasteiger partial charge >= 0.3 is 0 Å². The SMILES string of the molecule is Cc1nc(NN)c(C#N)c(C)c1Cl.